The van der Waals surface area contributed by atoms with E-state index in [4.69, 9.17) is 0 Å². The molecule has 1 N–H and O–H groups in total. The third-order valence-electron chi connectivity index (χ3n) is 5.14. The van der Waals surface area contributed by atoms with Crippen molar-refractivity contribution in [1.29, 1.82) is 0 Å². The number of rotatable bonds is 6. The highest BCUT2D eigenvalue weighted by molar-refractivity contribution is 5.85. The van der Waals surface area contributed by atoms with Gasteiger partial charge in [-0.25, -0.2) is 0 Å². The second-order valence-electron chi connectivity index (χ2n) is 7.61. The van der Waals surface area contributed by atoms with E-state index in [1.807, 2.05) is 17.2 Å². The minimum atomic E-state index is -0.660. The van der Waals surface area contributed by atoms with Gasteiger partial charge in [0, 0.05) is 38.4 Å². The second kappa shape index (κ2) is 6.95. The van der Waals surface area contributed by atoms with Crippen LogP contribution < -0.4 is 5.32 Å². The van der Waals surface area contributed by atoms with E-state index in [9.17, 15) is 9.59 Å². The van der Waals surface area contributed by atoms with E-state index < -0.39 is 5.54 Å². The molecule has 1 aromatic rings. The van der Waals surface area contributed by atoms with Crippen LogP contribution in [0.15, 0.2) is 18.5 Å². The lowest BCUT2D eigenvalue weighted by molar-refractivity contribution is -0.140. The molecule has 24 heavy (non-hydrogen) atoms. The predicted molar refractivity (Wildman–Crippen MR) is 91.2 cm³/mol. The number of amides is 2. The van der Waals surface area contributed by atoms with Crippen LogP contribution in [0.1, 0.15) is 46.0 Å². The fourth-order valence-electron chi connectivity index (χ4n) is 3.41. The molecule has 2 fully saturated rings. The molecule has 2 heterocycles. The van der Waals surface area contributed by atoms with Crippen molar-refractivity contribution in [3.05, 3.63) is 18.5 Å². The van der Waals surface area contributed by atoms with Gasteiger partial charge in [0.2, 0.25) is 11.8 Å². The third-order valence-corrected chi connectivity index (χ3v) is 5.14. The topological polar surface area (TPSA) is 67.2 Å². The van der Waals surface area contributed by atoms with Gasteiger partial charge >= 0.3 is 0 Å². The molecule has 2 amide bonds. The molecule has 1 aliphatic heterocycles. The largest absolute Gasteiger partial charge is 0.354 e. The van der Waals surface area contributed by atoms with Crippen molar-refractivity contribution >= 4 is 11.8 Å². The molecule has 0 atom stereocenters. The first-order chi connectivity index (χ1) is 11.5. The van der Waals surface area contributed by atoms with Crippen LogP contribution in [-0.4, -0.2) is 46.1 Å². The van der Waals surface area contributed by atoms with Gasteiger partial charge in [0.05, 0.1) is 0 Å². The maximum absolute atomic E-state index is 12.9. The first kappa shape index (κ1) is 17.0. The molecule has 6 heteroatoms. The van der Waals surface area contributed by atoms with E-state index >= 15 is 0 Å². The molecular weight excluding hydrogens is 304 g/mol. The fraction of sp³-hybridized carbons (Fsp3) is 0.722. The highest BCUT2D eigenvalue weighted by Crippen LogP contribution is 2.32. The Morgan fingerprint density at radius 1 is 1.29 bits per heavy atom. The summed E-state index contributed by atoms with van der Waals surface area (Å²) >= 11 is 0. The zero-order chi connectivity index (χ0) is 17.2. The zero-order valence-electron chi connectivity index (χ0n) is 14.7. The summed E-state index contributed by atoms with van der Waals surface area (Å²) in [6, 6.07) is 1.85. The molecule has 0 unspecified atom stereocenters. The van der Waals surface area contributed by atoms with Crippen molar-refractivity contribution < 1.29 is 9.59 Å². The molecule has 1 saturated carbocycles. The first-order valence-corrected chi connectivity index (χ1v) is 9.07. The van der Waals surface area contributed by atoms with E-state index in [1.54, 1.807) is 10.9 Å². The Kier molecular flexibility index (Phi) is 4.92. The Labute approximate surface area is 143 Å². The maximum atomic E-state index is 12.9. The molecule has 2 aliphatic rings. The van der Waals surface area contributed by atoms with Gasteiger partial charge in [-0.1, -0.05) is 13.8 Å². The highest BCUT2D eigenvalue weighted by Gasteiger charge is 2.44. The molecule has 0 bridgehead atoms. The average molecular weight is 332 g/mol. The SMILES string of the molecule is CC(C)CC(=O)N1CCC(C(=O)NCC2CC2)(n2cccn2)CC1. The van der Waals surface area contributed by atoms with Crippen LogP contribution in [0.4, 0.5) is 0 Å². The van der Waals surface area contributed by atoms with Crippen LogP contribution in [-0.2, 0) is 15.1 Å². The van der Waals surface area contributed by atoms with Crippen LogP contribution in [0.2, 0.25) is 0 Å². The third kappa shape index (κ3) is 3.62. The summed E-state index contributed by atoms with van der Waals surface area (Å²) in [5, 5.41) is 7.46. The Morgan fingerprint density at radius 2 is 2.00 bits per heavy atom. The molecule has 3 rings (SSSR count). The minimum absolute atomic E-state index is 0.0501. The lowest BCUT2D eigenvalue weighted by Crippen LogP contribution is -2.56. The fourth-order valence-corrected chi connectivity index (χ4v) is 3.41. The molecule has 1 aliphatic carbocycles. The van der Waals surface area contributed by atoms with E-state index in [1.165, 1.54) is 12.8 Å². The smallest absolute Gasteiger partial charge is 0.248 e. The molecule has 132 valence electrons. The van der Waals surface area contributed by atoms with Gasteiger partial charge in [-0.3, -0.25) is 14.3 Å². The monoisotopic (exact) mass is 332 g/mol. The standard InChI is InChI=1S/C18H28N4O2/c1-14(2)12-16(23)21-10-6-18(7-11-21,22-9-3-8-20-22)17(24)19-13-15-4-5-15/h3,8-9,14-15H,4-7,10-13H2,1-2H3,(H,19,24). The van der Waals surface area contributed by atoms with Crippen molar-refractivity contribution in [3.63, 3.8) is 0 Å². The van der Waals surface area contributed by atoms with Gasteiger partial charge in [0.1, 0.15) is 5.54 Å². The number of nitrogens with one attached hydrogen (secondary N) is 1. The van der Waals surface area contributed by atoms with Crippen LogP contribution in [0.25, 0.3) is 0 Å². The number of piperidine rings is 1. The molecular formula is C18H28N4O2. The summed E-state index contributed by atoms with van der Waals surface area (Å²) < 4.78 is 1.79. The average Bonchev–Trinajstić information content (AvgIpc) is 3.22. The van der Waals surface area contributed by atoms with Crippen molar-refractivity contribution in [2.45, 2.75) is 51.5 Å². The summed E-state index contributed by atoms with van der Waals surface area (Å²) in [4.78, 5) is 27.1. The van der Waals surface area contributed by atoms with Crippen molar-refractivity contribution in [2.75, 3.05) is 19.6 Å². The Balaban J connectivity index is 1.68. The number of hydrogen-bond donors (Lipinski definition) is 1. The lowest BCUT2D eigenvalue weighted by Gasteiger charge is -2.41. The van der Waals surface area contributed by atoms with Gasteiger partial charge in [-0.05, 0) is 43.6 Å². The molecule has 6 nitrogen and oxygen atoms in total. The summed E-state index contributed by atoms with van der Waals surface area (Å²) in [6.07, 6.45) is 7.82. The van der Waals surface area contributed by atoms with Crippen LogP contribution in [0.3, 0.4) is 0 Å². The highest BCUT2D eigenvalue weighted by atomic mass is 16.2. The Morgan fingerprint density at radius 3 is 2.54 bits per heavy atom. The number of carbonyl (C=O) groups excluding carboxylic acids is 2. The van der Waals surface area contributed by atoms with Gasteiger partial charge in [-0.15, -0.1) is 0 Å². The minimum Gasteiger partial charge on any atom is -0.354 e. The molecule has 0 radical (unpaired) electrons. The predicted octanol–water partition coefficient (Wildman–Crippen LogP) is 1.77. The summed E-state index contributed by atoms with van der Waals surface area (Å²) in [5.74, 6) is 1.25. The molecule has 0 spiro atoms. The Bertz CT molecular complexity index is 570. The van der Waals surface area contributed by atoms with E-state index in [-0.39, 0.29) is 11.8 Å². The number of carbonyl (C=O) groups is 2. The summed E-state index contributed by atoms with van der Waals surface area (Å²) in [5.41, 5.74) is -0.660. The summed E-state index contributed by atoms with van der Waals surface area (Å²) in [6.45, 7) is 6.10. The lowest BCUT2D eigenvalue weighted by atomic mass is 9.86. The zero-order valence-corrected chi connectivity index (χ0v) is 14.7. The molecule has 1 saturated heterocycles. The van der Waals surface area contributed by atoms with Crippen LogP contribution >= 0.6 is 0 Å². The van der Waals surface area contributed by atoms with Gasteiger partial charge < -0.3 is 10.2 Å². The molecule has 1 aromatic heterocycles. The number of aromatic nitrogens is 2. The van der Waals surface area contributed by atoms with E-state index in [0.29, 0.717) is 44.2 Å². The van der Waals surface area contributed by atoms with Gasteiger partial charge in [0.15, 0.2) is 0 Å². The number of likely N-dealkylation sites (tertiary alicyclic amines) is 1. The van der Waals surface area contributed by atoms with Gasteiger partial charge in [0.25, 0.3) is 0 Å². The Hall–Kier alpha value is -1.85. The number of nitrogens with zero attached hydrogens (tertiary/aromatic N) is 3. The molecule has 0 aromatic carbocycles. The van der Waals surface area contributed by atoms with E-state index in [0.717, 1.165) is 6.54 Å². The van der Waals surface area contributed by atoms with Crippen molar-refractivity contribution in [1.82, 2.24) is 20.0 Å². The van der Waals surface area contributed by atoms with Crippen molar-refractivity contribution in [3.8, 4) is 0 Å². The van der Waals surface area contributed by atoms with Crippen LogP contribution in [0.5, 0.6) is 0 Å². The maximum Gasteiger partial charge on any atom is 0.248 e. The second-order valence-corrected chi connectivity index (χ2v) is 7.61. The normalized spacial score (nSPS) is 20.2. The quantitative estimate of drug-likeness (QED) is 0.863. The first-order valence-electron chi connectivity index (χ1n) is 9.07. The summed E-state index contributed by atoms with van der Waals surface area (Å²) in [7, 11) is 0. The number of hydrogen-bond acceptors (Lipinski definition) is 3. The van der Waals surface area contributed by atoms with Crippen molar-refractivity contribution in [2.24, 2.45) is 11.8 Å². The van der Waals surface area contributed by atoms with E-state index in [2.05, 4.69) is 24.3 Å². The van der Waals surface area contributed by atoms with Gasteiger partial charge in [-0.2, -0.15) is 5.10 Å². The van der Waals surface area contributed by atoms with Crippen LogP contribution in [0, 0.1) is 11.8 Å².